The molecule has 10 heavy (non-hydrogen) atoms. The van der Waals surface area contributed by atoms with E-state index in [1.807, 2.05) is 0 Å². The molecular weight excluding hydrogens is 172 g/mol. The molecule has 0 aromatic heterocycles. The Morgan fingerprint density at radius 1 is 1.60 bits per heavy atom. The molecule has 3 nitrogen and oxygen atoms in total. The Balaban J connectivity index is 4.38. The van der Waals surface area contributed by atoms with E-state index in [1.54, 1.807) is 13.8 Å². The van der Waals surface area contributed by atoms with Crippen molar-refractivity contribution in [2.24, 2.45) is 0 Å². The van der Waals surface area contributed by atoms with Crippen molar-refractivity contribution in [2.75, 3.05) is 0 Å². The van der Waals surface area contributed by atoms with Gasteiger partial charge in [0.1, 0.15) is 0 Å². The van der Waals surface area contributed by atoms with Crippen LogP contribution in [0.15, 0.2) is 0 Å². The quantitative estimate of drug-likeness (QED) is 0.507. The van der Waals surface area contributed by atoms with E-state index in [4.69, 9.17) is 4.55 Å². The Kier molecular flexibility index (Phi) is 3.69. The van der Waals surface area contributed by atoms with Gasteiger partial charge in [-0.2, -0.15) is 21.0 Å². The SMILES string of the molecule is CCC(C(C)S)S(=O)(=O)O. The second-order valence-corrected chi connectivity index (χ2v) is 4.65. The molecule has 0 aliphatic heterocycles. The van der Waals surface area contributed by atoms with Gasteiger partial charge in [0.25, 0.3) is 10.1 Å². The number of rotatable bonds is 3. The summed E-state index contributed by atoms with van der Waals surface area (Å²) in [5.41, 5.74) is 0. The first-order valence-corrected chi connectivity index (χ1v) is 5.06. The number of hydrogen-bond donors (Lipinski definition) is 2. The molecule has 0 fully saturated rings. The van der Waals surface area contributed by atoms with Gasteiger partial charge >= 0.3 is 0 Å². The van der Waals surface area contributed by atoms with Gasteiger partial charge in [0.05, 0.1) is 5.25 Å². The number of thiol groups is 1. The van der Waals surface area contributed by atoms with E-state index < -0.39 is 15.4 Å². The van der Waals surface area contributed by atoms with Crippen LogP contribution in [-0.2, 0) is 10.1 Å². The second kappa shape index (κ2) is 3.59. The molecule has 0 saturated heterocycles. The lowest BCUT2D eigenvalue weighted by Gasteiger charge is -2.13. The molecule has 1 N–H and O–H groups in total. The summed E-state index contributed by atoms with van der Waals surface area (Å²) in [6.07, 6.45) is 0.392. The highest BCUT2D eigenvalue weighted by Crippen LogP contribution is 2.13. The van der Waals surface area contributed by atoms with Crippen molar-refractivity contribution in [1.82, 2.24) is 0 Å². The Hall–Kier alpha value is 0.260. The van der Waals surface area contributed by atoms with Crippen LogP contribution in [0.2, 0.25) is 0 Å². The van der Waals surface area contributed by atoms with E-state index in [1.165, 1.54) is 0 Å². The molecule has 0 aromatic carbocycles. The van der Waals surface area contributed by atoms with Gasteiger partial charge in [-0.15, -0.1) is 0 Å². The summed E-state index contributed by atoms with van der Waals surface area (Å²) in [6.45, 7) is 3.34. The highest BCUT2D eigenvalue weighted by atomic mass is 32.2. The molecule has 0 heterocycles. The maximum absolute atomic E-state index is 10.5. The van der Waals surface area contributed by atoms with Crippen LogP contribution in [0.1, 0.15) is 20.3 Å². The molecule has 0 amide bonds. The van der Waals surface area contributed by atoms with E-state index in [-0.39, 0.29) is 5.25 Å². The van der Waals surface area contributed by atoms with Crippen LogP contribution in [0.3, 0.4) is 0 Å². The molecular formula is C5H12O3S2. The van der Waals surface area contributed by atoms with Crippen molar-refractivity contribution >= 4 is 22.7 Å². The van der Waals surface area contributed by atoms with E-state index in [9.17, 15) is 8.42 Å². The maximum Gasteiger partial charge on any atom is 0.268 e. The molecule has 0 rings (SSSR count). The van der Waals surface area contributed by atoms with Gasteiger partial charge in [0, 0.05) is 5.25 Å². The molecule has 0 saturated carbocycles. The van der Waals surface area contributed by atoms with Gasteiger partial charge in [-0.3, -0.25) is 4.55 Å². The van der Waals surface area contributed by atoms with Gasteiger partial charge < -0.3 is 0 Å². The summed E-state index contributed by atoms with van der Waals surface area (Å²) in [5.74, 6) is 0. The summed E-state index contributed by atoms with van der Waals surface area (Å²) in [5, 5.41) is -1.06. The lowest BCUT2D eigenvalue weighted by atomic mass is 10.3. The van der Waals surface area contributed by atoms with Crippen LogP contribution in [0, 0.1) is 0 Å². The topological polar surface area (TPSA) is 54.4 Å². The largest absolute Gasteiger partial charge is 0.285 e. The predicted octanol–water partition coefficient (Wildman–Crippen LogP) is 0.971. The first-order valence-electron chi connectivity index (χ1n) is 3.04. The van der Waals surface area contributed by atoms with Gasteiger partial charge in [-0.1, -0.05) is 13.8 Å². The molecule has 0 radical (unpaired) electrons. The molecule has 2 atom stereocenters. The fourth-order valence-corrected chi connectivity index (χ4v) is 2.39. The van der Waals surface area contributed by atoms with Crippen LogP contribution in [-0.4, -0.2) is 23.5 Å². The Morgan fingerprint density at radius 2 is 2.00 bits per heavy atom. The lowest BCUT2D eigenvalue weighted by molar-refractivity contribution is 0.463. The van der Waals surface area contributed by atoms with Gasteiger partial charge in [-0.25, -0.2) is 0 Å². The van der Waals surface area contributed by atoms with Crippen molar-refractivity contribution in [2.45, 2.75) is 30.8 Å². The van der Waals surface area contributed by atoms with Crippen LogP contribution >= 0.6 is 12.6 Å². The highest BCUT2D eigenvalue weighted by Gasteiger charge is 2.24. The second-order valence-electron chi connectivity index (χ2n) is 2.20. The monoisotopic (exact) mass is 184 g/mol. The van der Waals surface area contributed by atoms with Crippen molar-refractivity contribution < 1.29 is 13.0 Å². The molecule has 0 aliphatic rings. The molecule has 0 bridgehead atoms. The first kappa shape index (κ1) is 10.3. The van der Waals surface area contributed by atoms with Crippen LogP contribution in [0.4, 0.5) is 0 Å². The van der Waals surface area contributed by atoms with Gasteiger partial charge in [0.15, 0.2) is 0 Å². The summed E-state index contributed by atoms with van der Waals surface area (Å²) >= 11 is 3.93. The van der Waals surface area contributed by atoms with Gasteiger partial charge in [-0.05, 0) is 6.42 Å². The summed E-state index contributed by atoms with van der Waals surface area (Å²) in [6, 6.07) is 0. The Bertz CT molecular complexity index is 183. The third-order valence-electron chi connectivity index (χ3n) is 1.32. The minimum Gasteiger partial charge on any atom is -0.285 e. The minimum absolute atomic E-state index is 0.319. The van der Waals surface area contributed by atoms with E-state index in [2.05, 4.69) is 12.6 Å². The van der Waals surface area contributed by atoms with Crippen LogP contribution in [0.5, 0.6) is 0 Å². The van der Waals surface area contributed by atoms with E-state index >= 15 is 0 Å². The molecule has 0 aromatic rings. The Morgan fingerprint density at radius 3 is 2.00 bits per heavy atom. The van der Waals surface area contributed by atoms with E-state index in [0.717, 1.165) is 0 Å². The molecule has 0 spiro atoms. The average molecular weight is 184 g/mol. The minimum atomic E-state index is -3.89. The summed E-state index contributed by atoms with van der Waals surface area (Å²) in [7, 11) is -3.89. The zero-order valence-corrected chi connectivity index (χ0v) is 7.69. The smallest absolute Gasteiger partial charge is 0.268 e. The zero-order valence-electron chi connectivity index (χ0n) is 5.98. The molecule has 5 heteroatoms. The Labute approximate surface area is 67.0 Å². The van der Waals surface area contributed by atoms with Crippen molar-refractivity contribution in [3.8, 4) is 0 Å². The zero-order chi connectivity index (χ0) is 8.36. The van der Waals surface area contributed by atoms with Crippen molar-refractivity contribution in [1.29, 1.82) is 0 Å². The number of hydrogen-bond acceptors (Lipinski definition) is 3. The fourth-order valence-electron chi connectivity index (χ4n) is 0.801. The summed E-state index contributed by atoms with van der Waals surface area (Å²) < 4.78 is 29.6. The average Bonchev–Trinajstić information content (AvgIpc) is 1.60. The van der Waals surface area contributed by atoms with Crippen LogP contribution in [0.25, 0.3) is 0 Å². The molecule has 62 valence electrons. The van der Waals surface area contributed by atoms with Crippen molar-refractivity contribution in [3.63, 3.8) is 0 Å². The lowest BCUT2D eigenvalue weighted by Crippen LogP contribution is -2.27. The van der Waals surface area contributed by atoms with Gasteiger partial charge in [0.2, 0.25) is 0 Å². The predicted molar refractivity (Wildman–Crippen MR) is 44.1 cm³/mol. The van der Waals surface area contributed by atoms with Crippen LogP contribution < -0.4 is 0 Å². The first-order chi connectivity index (χ1) is 4.39. The highest BCUT2D eigenvalue weighted by molar-refractivity contribution is 7.88. The molecule has 2 unspecified atom stereocenters. The molecule has 0 aliphatic carbocycles. The standard InChI is InChI=1S/C5H12O3S2/c1-3-5(4(2)9)10(6,7)8/h4-5,9H,3H2,1-2H3,(H,6,7,8). The maximum atomic E-state index is 10.5. The third-order valence-corrected chi connectivity index (χ3v) is 3.39. The van der Waals surface area contributed by atoms with Crippen molar-refractivity contribution in [3.05, 3.63) is 0 Å². The fraction of sp³-hybridized carbons (Fsp3) is 1.00. The van der Waals surface area contributed by atoms with E-state index in [0.29, 0.717) is 6.42 Å². The summed E-state index contributed by atoms with van der Waals surface area (Å²) in [4.78, 5) is 0. The third kappa shape index (κ3) is 2.90. The normalized spacial score (nSPS) is 18.4.